The van der Waals surface area contributed by atoms with Crippen molar-refractivity contribution < 1.29 is 14.1 Å². The third-order valence-electron chi connectivity index (χ3n) is 8.99. The van der Waals surface area contributed by atoms with Crippen molar-refractivity contribution in [1.29, 1.82) is 0 Å². The lowest BCUT2D eigenvalue weighted by molar-refractivity contribution is -0.0447. The molecule has 0 amide bonds. The lowest BCUT2D eigenvalue weighted by atomic mass is 9.92. The van der Waals surface area contributed by atoms with Crippen LogP contribution in [0.15, 0.2) is 74.1 Å². The molecule has 2 aromatic carbocycles. The topological polar surface area (TPSA) is 142 Å². The average Bonchev–Trinajstić information content (AvgIpc) is 3.84. The highest BCUT2D eigenvalue weighted by Crippen LogP contribution is 2.32. The Hall–Kier alpha value is -4.84. The maximum atomic E-state index is 14.4. The molecule has 46 heavy (non-hydrogen) atoms. The van der Waals surface area contributed by atoms with E-state index in [0.29, 0.717) is 24.6 Å². The Morgan fingerprint density at radius 1 is 1.02 bits per heavy atom. The smallest absolute Gasteiger partial charge is 0.390 e. The Labute approximate surface area is 265 Å². The zero-order chi connectivity index (χ0) is 31.6. The summed E-state index contributed by atoms with van der Waals surface area (Å²) >= 11 is 0. The maximum Gasteiger partial charge on any atom is 0.439 e. The molecule has 1 aliphatic carbocycles. The number of nitrogens with zero attached hydrogens (tertiary/aromatic N) is 6. The number of aromatic amines is 1. The summed E-state index contributed by atoms with van der Waals surface area (Å²) in [6.45, 7) is 4.61. The fraction of sp³-hybridized carbons (Fsp3) is 0.412. The third-order valence-corrected chi connectivity index (χ3v) is 8.99. The quantitative estimate of drug-likeness (QED) is 0.226. The second-order valence-electron chi connectivity index (χ2n) is 12.2. The van der Waals surface area contributed by atoms with Gasteiger partial charge in [-0.3, -0.25) is 18.9 Å². The van der Waals surface area contributed by atoms with E-state index in [4.69, 9.17) is 14.1 Å². The van der Waals surface area contributed by atoms with Crippen LogP contribution in [0.1, 0.15) is 75.2 Å². The molecule has 1 saturated carbocycles. The van der Waals surface area contributed by atoms with Gasteiger partial charge < -0.3 is 9.57 Å². The molecule has 2 aliphatic rings. The van der Waals surface area contributed by atoms with Crippen LogP contribution in [0.3, 0.4) is 0 Å². The summed E-state index contributed by atoms with van der Waals surface area (Å²) in [4.78, 5) is 38.6. The average molecular weight is 624 g/mol. The zero-order valence-corrected chi connectivity index (χ0v) is 26.0. The number of nitrogens with one attached hydrogen (secondary N) is 1. The van der Waals surface area contributed by atoms with Crippen molar-refractivity contribution in [3.8, 4) is 22.5 Å². The lowest BCUT2D eigenvalue weighted by Crippen LogP contribution is -2.35. The molecule has 238 valence electrons. The van der Waals surface area contributed by atoms with Gasteiger partial charge in [-0.15, -0.1) is 0 Å². The normalized spacial score (nSPS) is 19.8. The van der Waals surface area contributed by atoms with E-state index in [9.17, 15) is 9.59 Å². The molecule has 1 N–H and O–H groups in total. The van der Waals surface area contributed by atoms with E-state index in [0.717, 1.165) is 84.2 Å². The molecule has 1 atom stereocenters. The first-order valence-electron chi connectivity index (χ1n) is 16.0. The number of aromatic nitrogens is 6. The minimum absolute atomic E-state index is 0.00436. The van der Waals surface area contributed by atoms with Crippen LogP contribution in [0.2, 0.25) is 0 Å². The molecular formula is C34H37N7O5. The van der Waals surface area contributed by atoms with Gasteiger partial charge in [-0.05, 0) is 55.7 Å². The van der Waals surface area contributed by atoms with Crippen molar-refractivity contribution in [3.05, 3.63) is 92.6 Å². The summed E-state index contributed by atoms with van der Waals surface area (Å²) in [5.74, 6) is 0.384. The monoisotopic (exact) mass is 623 g/mol. The fourth-order valence-electron chi connectivity index (χ4n) is 6.74. The van der Waals surface area contributed by atoms with E-state index >= 15 is 0 Å². The molecule has 0 saturated heterocycles. The van der Waals surface area contributed by atoms with E-state index in [-0.39, 0.29) is 23.8 Å². The molecule has 0 spiro atoms. The molecule has 1 fully saturated rings. The molecule has 12 nitrogen and oxygen atoms in total. The SMILES string of the molecule is CCCc1c(Cc2ccc(-c3ccccc3-c3noc(=O)[nH]3)cc2)c(=O)n([C@H]2CC[C@H](OCC3CC(C)=NO3)CC2)c2ncnn12. The maximum absolute atomic E-state index is 14.4. The second kappa shape index (κ2) is 12.9. The Morgan fingerprint density at radius 2 is 1.80 bits per heavy atom. The van der Waals surface area contributed by atoms with Crippen LogP contribution >= 0.6 is 0 Å². The predicted molar refractivity (Wildman–Crippen MR) is 172 cm³/mol. The van der Waals surface area contributed by atoms with Gasteiger partial charge in [-0.25, -0.2) is 9.31 Å². The van der Waals surface area contributed by atoms with Gasteiger partial charge in [0, 0.05) is 30.0 Å². The van der Waals surface area contributed by atoms with Crippen LogP contribution in [0.5, 0.6) is 0 Å². The lowest BCUT2D eigenvalue weighted by Gasteiger charge is -2.31. The van der Waals surface area contributed by atoms with Crippen LogP contribution in [-0.4, -0.2) is 53.8 Å². The second-order valence-corrected chi connectivity index (χ2v) is 12.2. The highest BCUT2D eigenvalue weighted by atomic mass is 16.7. The molecule has 12 heteroatoms. The van der Waals surface area contributed by atoms with Gasteiger partial charge in [0.1, 0.15) is 6.33 Å². The highest BCUT2D eigenvalue weighted by molar-refractivity contribution is 5.82. The molecule has 1 unspecified atom stereocenters. The third kappa shape index (κ3) is 5.92. The predicted octanol–water partition coefficient (Wildman–Crippen LogP) is 5.11. The number of hydrogen-bond acceptors (Lipinski definition) is 9. The summed E-state index contributed by atoms with van der Waals surface area (Å²) in [7, 11) is 0. The number of fused-ring (bicyclic) bond motifs is 1. The largest absolute Gasteiger partial charge is 0.439 e. The van der Waals surface area contributed by atoms with Gasteiger partial charge in [-0.2, -0.15) is 10.1 Å². The Morgan fingerprint density at radius 3 is 2.50 bits per heavy atom. The van der Waals surface area contributed by atoms with Crippen LogP contribution < -0.4 is 11.3 Å². The number of aryl methyl sites for hydroxylation is 1. The minimum Gasteiger partial charge on any atom is -0.390 e. The molecule has 3 aromatic heterocycles. The van der Waals surface area contributed by atoms with Gasteiger partial charge in [0.2, 0.25) is 5.78 Å². The van der Waals surface area contributed by atoms with E-state index in [1.54, 1.807) is 6.33 Å². The number of hydrogen-bond donors (Lipinski definition) is 1. The van der Waals surface area contributed by atoms with E-state index in [2.05, 4.69) is 32.3 Å². The van der Waals surface area contributed by atoms with Crippen molar-refractivity contribution in [2.75, 3.05) is 6.61 Å². The molecule has 4 heterocycles. The number of rotatable bonds is 10. The molecule has 0 radical (unpaired) electrons. The number of ether oxygens (including phenoxy) is 1. The highest BCUT2D eigenvalue weighted by Gasteiger charge is 2.29. The standard InChI is InChI=1S/C34H37N7O5/c1-3-6-30-29(18-22-9-11-23(12-10-22)27-7-4-5-8-28(27)31-37-34(43)46-39-31)32(42)40(33-35-20-36-41(30)33)24-13-15-25(16-14-24)44-19-26-17-21(2)38-45-26/h4-5,7-12,20,24-26H,3,6,13-19H2,1-2H3,(H,37,39,43)/t24-,25-,26?. The Kier molecular flexibility index (Phi) is 8.35. The Balaban J connectivity index is 1.14. The van der Waals surface area contributed by atoms with Crippen molar-refractivity contribution in [1.82, 2.24) is 29.3 Å². The summed E-state index contributed by atoms with van der Waals surface area (Å²) in [6.07, 6.45) is 7.93. The van der Waals surface area contributed by atoms with Crippen molar-refractivity contribution in [2.24, 2.45) is 5.16 Å². The van der Waals surface area contributed by atoms with Crippen molar-refractivity contribution >= 4 is 11.5 Å². The van der Waals surface area contributed by atoms with E-state index < -0.39 is 5.76 Å². The van der Waals surface area contributed by atoms with Crippen LogP contribution in [0.4, 0.5) is 0 Å². The zero-order valence-electron chi connectivity index (χ0n) is 26.0. The molecule has 1 aliphatic heterocycles. The minimum atomic E-state index is -0.598. The van der Waals surface area contributed by atoms with Gasteiger partial charge >= 0.3 is 5.76 Å². The molecule has 7 rings (SSSR count). The van der Waals surface area contributed by atoms with Crippen LogP contribution in [0.25, 0.3) is 28.3 Å². The fourth-order valence-corrected chi connectivity index (χ4v) is 6.74. The summed E-state index contributed by atoms with van der Waals surface area (Å²) in [5.41, 5.74) is 6.32. The van der Waals surface area contributed by atoms with Crippen LogP contribution in [0, 0.1) is 0 Å². The van der Waals surface area contributed by atoms with Gasteiger partial charge in [-0.1, -0.05) is 72.2 Å². The Bertz CT molecular complexity index is 1980. The van der Waals surface area contributed by atoms with Gasteiger partial charge in [0.25, 0.3) is 5.56 Å². The van der Waals surface area contributed by atoms with E-state index in [1.807, 2.05) is 64.5 Å². The molecule has 5 aromatic rings. The van der Waals surface area contributed by atoms with Crippen molar-refractivity contribution in [3.63, 3.8) is 0 Å². The van der Waals surface area contributed by atoms with Gasteiger partial charge in [0.05, 0.1) is 24.1 Å². The summed E-state index contributed by atoms with van der Waals surface area (Å²) < 4.78 is 14.7. The summed E-state index contributed by atoms with van der Waals surface area (Å²) in [5, 5.41) is 12.5. The first-order chi connectivity index (χ1) is 22.5. The first kappa shape index (κ1) is 29.8. The van der Waals surface area contributed by atoms with Crippen molar-refractivity contribution in [2.45, 2.75) is 83.5 Å². The van der Waals surface area contributed by atoms with Crippen LogP contribution in [-0.2, 0) is 22.4 Å². The first-order valence-corrected chi connectivity index (χ1v) is 16.0. The molecule has 0 bridgehead atoms. The molecular weight excluding hydrogens is 586 g/mol. The number of benzene rings is 2. The van der Waals surface area contributed by atoms with Gasteiger partial charge in [0.15, 0.2) is 11.9 Å². The number of H-pyrrole nitrogens is 1. The van der Waals surface area contributed by atoms with E-state index in [1.165, 1.54) is 0 Å². The summed E-state index contributed by atoms with van der Waals surface area (Å²) in [6, 6.07) is 15.9. The number of oxime groups is 1.